The number of rotatable bonds is 31. The standard InChI is InChI=1S/C55H79N3O11/c1-5-9-11-12-13-14-15-16-17-20-29-56-53(61)68-42-26-28-47-45(36-42)51-43(24-19-22-31-60)41(23-18-21-30-59)35-44-46(57-67-8-4)37-50(55(69-47,52(44)51)66-32-7-3)58(54(62)63-33-10-6-2)38-40-25-27-48-49(34-40)65-39-64-48/h6-7,25-28,34-36,41,43,50-52,59-60H,2-3,5,8-24,29-33,37-39H2,1,4H3,(H,56,61)/t41-,43+,50-,51+,52+,55+/m0/s1. The summed E-state index contributed by atoms with van der Waals surface area (Å²) in [5, 5.41) is 27.7. The number of nitrogens with zero attached hydrogens (tertiary/aromatic N) is 2. The fraction of sp³-hybridized carbons (Fsp3) is 0.618. The molecule has 0 aromatic heterocycles. The van der Waals surface area contributed by atoms with Gasteiger partial charge in [-0.15, -0.1) is 13.2 Å². The largest absolute Gasteiger partial charge is 0.459 e. The number of nitrogens with one attached hydrogen (secondary N) is 1. The summed E-state index contributed by atoms with van der Waals surface area (Å²) in [6, 6.07) is 10.3. The van der Waals surface area contributed by atoms with Crippen molar-refractivity contribution in [1.29, 1.82) is 0 Å². The minimum absolute atomic E-state index is 0.0206. The van der Waals surface area contributed by atoms with E-state index in [2.05, 4.69) is 31.5 Å². The van der Waals surface area contributed by atoms with Crippen molar-refractivity contribution < 1.29 is 53.1 Å². The zero-order valence-electron chi connectivity index (χ0n) is 41.3. The van der Waals surface area contributed by atoms with Crippen LogP contribution in [0.3, 0.4) is 0 Å². The van der Waals surface area contributed by atoms with Crippen LogP contribution in [0.25, 0.3) is 0 Å². The first-order valence-corrected chi connectivity index (χ1v) is 25.9. The molecule has 0 radical (unpaired) electrons. The van der Waals surface area contributed by atoms with Crippen LogP contribution in [-0.2, 0) is 20.9 Å². The molecule has 69 heavy (non-hydrogen) atoms. The normalized spacial score (nSPS) is 22.4. The van der Waals surface area contributed by atoms with Gasteiger partial charge >= 0.3 is 12.2 Å². The summed E-state index contributed by atoms with van der Waals surface area (Å²) in [4.78, 5) is 35.7. The van der Waals surface area contributed by atoms with E-state index in [1.807, 2.05) is 37.3 Å². The van der Waals surface area contributed by atoms with Gasteiger partial charge in [-0.2, -0.15) is 0 Å². The molecule has 6 rings (SSSR count). The molecule has 0 saturated heterocycles. The van der Waals surface area contributed by atoms with E-state index in [0.29, 0.717) is 61.1 Å². The Morgan fingerprint density at radius 1 is 0.870 bits per heavy atom. The molecular formula is C55H79N3O11. The molecule has 2 aliphatic carbocycles. The first-order valence-electron chi connectivity index (χ1n) is 25.9. The zero-order chi connectivity index (χ0) is 48.9. The highest BCUT2D eigenvalue weighted by atomic mass is 16.7. The van der Waals surface area contributed by atoms with Crippen molar-refractivity contribution >= 4 is 17.9 Å². The van der Waals surface area contributed by atoms with Crippen LogP contribution in [0.5, 0.6) is 23.0 Å². The highest BCUT2D eigenvalue weighted by Crippen LogP contribution is 2.62. The maximum absolute atomic E-state index is 14.7. The molecule has 0 bridgehead atoms. The molecule has 2 aliphatic heterocycles. The summed E-state index contributed by atoms with van der Waals surface area (Å²) in [6.45, 7) is 13.4. The number of oxime groups is 1. The number of carbonyl (C=O) groups excluding carboxylic acids is 2. The van der Waals surface area contributed by atoms with Gasteiger partial charge in [-0.25, -0.2) is 9.59 Å². The third kappa shape index (κ3) is 14.1. The summed E-state index contributed by atoms with van der Waals surface area (Å²) in [6.07, 6.45) is 21.7. The highest BCUT2D eigenvalue weighted by molar-refractivity contribution is 6.03. The van der Waals surface area contributed by atoms with Gasteiger partial charge in [0.1, 0.15) is 24.1 Å². The van der Waals surface area contributed by atoms with Gasteiger partial charge in [0.15, 0.2) is 11.5 Å². The predicted molar refractivity (Wildman–Crippen MR) is 267 cm³/mol. The molecule has 1 fully saturated rings. The summed E-state index contributed by atoms with van der Waals surface area (Å²) < 4.78 is 37.9. The van der Waals surface area contributed by atoms with Crippen molar-refractivity contribution in [3.63, 3.8) is 0 Å². The van der Waals surface area contributed by atoms with Crippen molar-refractivity contribution in [1.82, 2.24) is 10.2 Å². The molecule has 2 amide bonds. The monoisotopic (exact) mass is 958 g/mol. The molecule has 380 valence electrons. The van der Waals surface area contributed by atoms with E-state index in [1.54, 1.807) is 23.1 Å². The molecule has 1 saturated carbocycles. The minimum Gasteiger partial charge on any atom is -0.459 e. The number of hydrogen-bond acceptors (Lipinski definition) is 12. The summed E-state index contributed by atoms with van der Waals surface area (Å²) in [7, 11) is 0. The second kappa shape index (κ2) is 28.0. The van der Waals surface area contributed by atoms with Crippen LogP contribution in [0.4, 0.5) is 9.59 Å². The van der Waals surface area contributed by atoms with Gasteiger partial charge < -0.3 is 48.8 Å². The third-order valence-corrected chi connectivity index (χ3v) is 13.9. The number of aliphatic hydroxyl groups excluding tert-OH is 2. The molecule has 2 aromatic rings. The number of ether oxygens (including phenoxy) is 6. The quantitative estimate of drug-likeness (QED) is 0.0374. The van der Waals surface area contributed by atoms with Crippen molar-refractivity contribution in [3.8, 4) is 23.0 Å². The number of hydrogen-bond donors (Lipinski definition) is 3. The number of allylic oxidation sites excluding steroid dienone is 1. The fourth-order valence-electron chi connectivity index (χ4n) is 10.7. The Morgan fingerprint density at radius 2 is 1.59 bits per heavy atom. The molecule has 14 heteroatoms. The van der Waals surface area contributed by atoms with Gasteiger partial charge in [0, 0.05) is 44.2 Å². The van der Waals surface area contributed by atoms with E-state index >= 15 is 0 Å². The van der Waals surface area contributed by atoms with Crippen LogP contribution >= 0.6 is 0 Å². The van der Waals surface area contributed by atoms with Crippen LogP contribution in [0.15, 0.2) is 78.5 Å². The van der Waals surface area contributed by atoms with Crippen molar-refractivity contribution in [3.05, 3.63) is 84.5 Å². The number of fused-ring (bicyclic) bond motifs is 3. The van der Waals surface area contributed by atoms with Gasteiger partial charge in [0.25, 0.3) is 0 Å². The summed E-state index contributed by atoms with van der Waals surface area (Å²) in [5.41, 5.74) is 3.18. The van der Waals surface area contributed by atoms with Gasteiger partial charge in [-0.1, -0.05) is 107 Å². The Kier molecular flexibility index (Phi) is 21.6. The molecule has 0 unspecified atom stereocenters. The maximum atomic E-state index is 14.7. The van der Waals surface area contributed by atoms with Crippen molar-refractivity contribution in [2.75, 3.05) is 46.4 Å². The van der Waals surface area contributed by atoms with Crippen LogP contribution in [0.1, 0.15) is 146 Å². The number of benzene rings is 2. The SMILES string of the molecule is C=CCCOC(=O)N(Cc1ccc2c(c1)OCO2)[C@H]1CC(=NOCC)C2=C[C@H](CCCCO)[C@@H](CCCCO)[C@@H]3c4cc(OC(=O)NCCCCCCCCCCCC)ccc4O[C@@]1(OCC=C)[C@H]23. The van der Waals surface area contributed by atoms with Crippen LogP contribution in [-0.4, -0.2) is 91.2 Å². The van der Waals surface area contributed by atoms with Crippen LogP contribution < -0.4 is 24.3 Å². The van der Waals surface area contributed by atoms with E-state index in [1.165, 1.54) is 44.9 Å². The number of unbranched alkanes of at least 4 members (excludes halogenated alkanes) is 11. The lowest BCUT2D eigenvalue weighted by Crippen LogP contribution is -2.70. The summed E-state index contributed by atoms with van der Waals surface area (Å²) >= 11 is 0. The average molecular weight is 958 g/mol. The Bertz CT molecular complexity index is 2020. The van der Waals surface area contributed by atoms with E-state index in [-0.39, 0.29) is 63.9 Å². The third-order valence-electron chi connectivity index (χ3n) is 13.9. The first-order chi connectivity index (χ1) is 33.8. The zero-order valence-corrected chi connectivity index (χ0v) is 41.3. The lowest BCUT2D eigenvalue weighted by Gasteiger charge is -2.59. The fourth-order valence-corrected chi connectivity index (χ4v) is 10.7. The van der Waals surface area contributed by atoms with Gasteiger partial charge in [0.2, 0.25) is 12.6 Å². The van der Waals surface area contributed by atoms with Crippen molar-refractivity contribution in [2.45, 2.75) is 154 Å². The van der Waals surface area contributed by atoms with Gasteiger partial charge in [0.05, 0.1) is 24.8 Å². The molecule has 2 aromatic carbocycles. The van der Waals surface area contributed by atoms with Crippen LogP contribution in [0, 0.1) is 17.8 Å². The molecule has 6 atom stereocenters. The average Bonchev–Trinajstić information content (AvgIpc) is 3.83. The van der Waals surface area contributed by atoms with Gasteiger partial charge in [-0.3, -0.25) is 4.90 Å². The Hall–Kier alpha value is -5.05. The van der Waals surface area contributed by atoms with Crippen molar-refractivity contribution in [2.24, 2.45) is 22.9 Å². The molecule has 4 aliphatic rings. The Balaban J connectivity index is 1.40. The molecular weight excluding hydrogens is 879 g/mol. The number of aliphatic hydroxyl groups is 2. The summed E-state index contributed by atoms with van der Waals surface area (Å²) in [5.74, 6) is -0.258. The topological polar surface area (TPSA) is 167 Å². The maximum Gasteiger partial charge on any atom is 0.412 e. The highest BCUT2D eigenvalue weighted by Gasteiger charge is 2.65. The lowest BCUT2D eigenvalue weighted by molar-refractivity contribution is -0.256. The lowest BCUT2D eigenvalue weighted by atomic mass is 9.55. The molecule has 2 heterocycles. The molecule has 0 spiro atoms. The van der Waals surface area contributed by atoms with E-state index in [4.69, 9.17) is 38.4 Å². The smallest absolute Gasteiger partial charge is 0.412 e. The predicted octanol–water partition coefficient (Wildman–Crippen LogP) is 11.3. The molecule has 3 N–H and O–H groups in total. The number of amides is 2. The first kappa shape index (κ1) is 53.3. The second-order valence-electron chi connectivity index (χ2n) is 18.7. The second-order valence-corrected chi connectivity index (χ2v) is 18.7. The van der Waals surface area contributed by atoms with E-state index in [9.17, 15) is 19.8 Å². The minimum atomic E-state index is -1.52. The Morgan fingerprint density at radius 3 is 2.32 bits per heavy atom. The molecule has 14 nitrogen and oxygen atoms in total. The van der Waals surface area contributed by atoms with E-state index in [0.717, 1.165) is 61.6 Å². The Labute approximate surface area is 410 Å². The van der Waals surface area contributed by atoms with Gasteiger partial charge in [-0.05, 0) is 98.8 Å². The number of carbonyl (C=O) groups is 2. The van der Waals surface area contributed by atoms with Crippen LogP contribution in [0.2, 0.25) is 0 Å². The van der Waals surface area contributed by atoms with E-state index < -0.39 is 29.9 Å².